The van der Waals surface area contributed by atoms with Crippen molar-refractivity contribution in [1.82, 2.24) is 10.2 Å². The number of alkyl halides is 1. The van der Waals surface area contributed by atoms with Gasteiger partial charge in [-0.15, -0.1) is 0 Å². The molecule has 0 aliphatic heterocycles. The molecule has 0 amide bonds. The molecule has 1 heterocycles. The van der Waals surface area contributed by atoms with E-state index >= 15 is 0 Å². The van der Waals surface area contributed by atoms with Crippen LogP contribution in [0.25, 0.3) is 6.08 Å². The second-order valence-corrected chi connectivity index (χ2v) is 2.44. The lowest BCUT2D eigenvalue weighted by molar-refractivity contribution is 1.10. The Bertz CT molecular complexity index is 229. The normalized spacial score (nSPS) is 10.9. The third-order valence-corrected chi connectivity index (χ3v) is 1.46. The molecule has 10 heavy (non-hydrogen) atoms. The Kier molecular flexibility index (Phi) is 2.50. The van der Waals surface area contributed by atoms with Crippen LogP contribution in [0.2, 0.25) is 0 Å². The summed E-state index contributed by atoms with van der Waals surface area (Å²) in [5.41, 5.74) is 6.43. The van der Waals surface area contributed by atoms with Crippen molar-refractivity contribution in [1.29, 1.82) is 0 Å². The number of H-pyrrole nitrogens is 1. The summed E-state index contributed by atoms with van der Waals surface area (Å²) >= 11 is 3.26. The Morgan fingerprint density at radius 3 is 3.10 bits per heavy atom. The average molecular weight is 202 g/mol. The first-order valence-corrected chi connectivity index (χ1v) is 3.98. The van der Waals surface area contributed by atoms with E-state index in [0.717, 1.165) is 10.9 Å². The molecule has 0 saturated heterocycles. The summed E-state index contributed by atoms with van der Waals surface area (Å²) in [7, 11) is 0. The Morgan fingerprint density at radius 2 is 2.60 bits per heavy atom. The number of aromatic amines is 1. The number of aromatic nitrogens is 2. The number of rotatable bonds is 2. The van der Waals surface area contributed by atoms with Crippen molar-refractivity contribution in [3.63, 3.8) is 0 Å². The molecule has 0 unspecified atom stereocenters. The fourth-order valence-electron chi connectivity index (χ4n) is 0.610. The highest BCUT2D eigenvalue weighted by atomic mass is 79.9. The largest absolute Gasteiger partial charge is 0.384 e. The molecule has 1 aromatic rings. The summed E-state index contributed by atoms with van der Waals surface area (Å²) in [6.45, 7) is 0. The molecule has 54 valence electrons. The van der Waals surface area contributed by atoms with E-state index in [1.54, 1.807) is 6.20 Å². The first kappa shape index (κ1) is 7.34. The molecule has 1 rings (SSSR count). The van der Waals surface area contributed by atoms with Crippen molar-refractivity contribution < 1.29 is 0 Å². The molecule has 4 heteroatoms. The molecular weight excluding hydrogens is 194 g/mol. The molecule has 0 spiro atoms. The number of nitrogen functional groups attached to an aromatic ring is 1. The van der Waals surface area contributed by atoms with Crippen LogP contribution in [-0.4, -0.2) is 15.5 Å². The maximum Gasteiger partial charge on any atom is 0.126 e. The van der Waals surface area contributed by atoms with Gasteiger partial charge in [-0.25, -0.2) is 0 Å². The van der Waals surface area contributed by atoms with E-state index in [2.05, 4.69) is 26.1 Å². The van der Waals surface area contributed by atoms with Crippen molar-refractivity contribution >= 4 is 27.8 Å². The number of anilines is 1. The standard InChI is InChI=1S/C6H8BrN3/c7-3-1-2-5-4-9-10-6(5)8/h1-2,4H,3H2,(H3,8,9,10). The molecule has 0 radical (unpaired) electrons. The molecule has 0 aliphatic carbocycles. The summed E-state index contributed by atoms with van der Waals surface area (Å²) in [5.74, 6) is 0.609. The van der Waals surface area contributed by atoms with E-state index in [4.69, 9.17) is 5.73 Å². The lowest BCUT2D eigenvalue weighted by Crippen LogP contribution is -1.85. The second kappa shape index (κ2) is 3.41. The van der Waals surface area contributed by atoms with Gasteiger partial charge in [-0.05, 0) is 0 Å². The highest BCUT2D eigenvalue weighted by Crippen LogP contribution is 2.07. The van der Waals surface area contributed by atoms with E-state index in [-0.39, 0.29) is 0 Å². The van der Waals surface area contributed by atoms with E-state index in [1.807, 2.05) is 12.2 Å². The minimum Gasteiger partial charge on any atom is -0.384 e. The van der Waals surface area contributed by atoms with Crippen LogP contribution in [0.3, 0.4) is 0 Å². The van der Waals surface area contributed by atoms with Crippen molar-refractivity contribution in [3.8, 4) is 0 Å². The predicted octanol–water partition coefficient (Wildman–Crippen LogP) is 1.40. The average Bonchev–Trinajstić information content (AvgIpc) is 2.31. The molecule has 1 aromatic heterocycles. The van der Waals surface area contributed by atoms with Gasteiger partial charge in [-0.3, -0.25) is 5.10 Å². The minimum atomic E-state index is 0.609. The third kappa shape index (κ3) is 1.60. The zero-order chi connectivity index (χ0) is 7.40. The number of nitrogens with one attached hydrogen (secondary N) is 1. The zero-order valence-electron chi connectivity index (χ0n) is 5.34. The number of nitrogens with two attached hydrogens (primary N) is 1. The summed E-state index contributed by atoms with van der Waals surface area (Å²) < 4.78 is 0. The number of halogens is 1. The second-order valence-electron chi connectivity index (χ2n) is 1.80. The van der Waals surface area contributed by atoms with E-state index in [9.17, 15) is 0 Å². The van der Waals surface area contributed by atoms with Gasteiger partial charge in [0.1, 0.15) is 5.82 Å². The first-order chi connectivity index (χ1) is 4.84. The number of nitrogens with zero attached hydrogens (tertiary/aromatic N) is 1. The number of allylic oxidation sites excluding steroid dienone is 1. The highest BCUT2D eigenvalue weighted by Gasteiger charge is 1.92. The van der Waals surface area contributed by atoms with Gasteiger partial charge in [-0.2, -0.15) is 5.10 Å². The smallest absolute Gasteiger partial charge is 0.126 e. The Labute approximate surface area is 67.4 Å². The highest BCUT2D eigenvalue weighted by molar-refractivity contribution is 9.09. The molecule has 3 N–H and O–H groups in total. The molecule has 0 bridgehead atoms. The number of hydrogen-bond donors (Lipinski definition) is 2. The maximum atomic E-state index is 5.50. The fraction of sp³-hybridized carbons (Fsp3) is 0.167. The maximum absolute atomic E-state index is 5.50. The monoisotopic (exact) mass is 201 g/mol. The van der Waals surface area contributed by atoms with E-state index in [0.29, 0.717) is 5.82 Å². The van der Waals surface area contributed by atoms with Crippen LogP contribution >= 0.6 is 15.9 Å². The molecule has 0 aromatic carbocycles. The van der Waals surface area contributed by atoms with Gasteiger partial charge >= 0.3 is 0 Å². The van der Waals surface area contributed by atoms with Crippen LogP contribution in [0.1, 0.15) is 5.56 Å². The molecule has 0 fully saturated rings. The van der Waals surface area contributed by atoms with Crippen molar-refractivity contribution in [2.24, 2.45) is 0 Å². The summed E-state index contributed by atoms with van der Waals surface area (Å²) in [6.07, 6.45) is 5.56. The Hall–Kier alpha value is -0.770. The van der Waals surface area contributed by atoms with Gasteiger partial charge in [0.05, 0.1) is 6.20 Å². The topological polar surface area (TPSA) is 54.7 Å². The minimum absolute atomic E-state index is 0.609. The Balaban J connectivity index is 2.74. The van der Waals surface area contributed by atoms with Gasteiger partial charge in [0.2, 0.25) is 0 Å². The summed E-state index contributed by atoms with van der Waals surface area (Å²) in [5, 5.41) is 7.23. The molecule has 0 atom stereocenters. The van der Waals surface area contributed by atoms with Gasteiger partial charge in [0.25, 0.3) is 0 Å². The van der Waals surface area contributed by atoms with Crippen molar-refractivity contribution in [2.75, 3.05) is 11.1 Å². The van der Waals surface area contributed by atoms with Gasteiger partial charge in [-0.1, -0.05) is 28.1 Å². The SMILES string of the molecule is Nc1[nH]ncc1C=CCBr. The fourth-order valence-corrected chi connectivity index (χ4v) is 0.797. The summed E-state index contributed by atoms with van der Waals surface area (Å²) in [6, 6.07) is 0. The molecular formula is C6H8BrN3. The van der Waals surface area contributed by atoms with Crippen LogP contribution in [0, 0.1) is 0 Å². The lowest BCUT2D eigenvalue weighted by atomic mass is 10.3. The van der Waals surface area contributed by atoms with Crippen LogP contribution in [0.4, 0.5) is 5.82 Å². The van der Waals surface area contributed by atoms with E-state index in [1.165, 1.54) is 0 Å². The van der Waals surface area contributed by atoms with Crippen LogP contribution in [0.15, 0.2) is 12.3 Å². The first-order valence-electron chi connectivity index (χ1n) is 2.86. The molecule has 0 aliphatic rings. The number of hydrogen-bond acceptors (Lipinski definition) is 2. The van der Waals surface area contributed by atoms with Crippen LogP contribution in [0.5, 0.6) is 0 Å². The van der Waals surface area contributed by atoms with E-state index < -0.39 is 0 Å². The third-order valence-electron chi connectivity index (χ3n) is 1.09. The van der Waals surface area contributed by atoms with Crippen LogP contribution < -0.4 is 5.73 Å². The van der Waals surface area contributed by atoms with Crippen molar-refractivity contribution in [2.45, 2.75) is 0 Å². The quantitative estimate of drug-likeness (QED) is 0.712. The zero-order valence-corrected chi connectivity index (χ0v) is 6.93. The van der Waals surface area contributed by atoms with Gasteiger partial charge < -0.3 is 5.73 Å². The van der Waals surface area contributed by atoms with Gasteiger partial charge in [0.15, 0.2) is 0 Å². The van der Waals surface area contributed by atoms with Gasteiger partial charge in [0, 0.05) is 10.9 Å². The van der Waals surface area contributed by atoms with Crippen molar-refractivity contribution in [3.05, 3.63) is 17.8 Å². The van der Waals surface area contributed by atoms with Crippen LogP contribution in [-0.2, 0) is 0 Å². The Morgan fingerprint density at radius 1 is 1.80 bits per heavy atom. The molecule has 3 nitrogen and oxygen atoms in total. The lowest BCUT2D eigenvalue weighted by Gasteiger charge is -1.85. The summed E-state index contributed by atoms with van der Waals surface area (Å²) in [4.78, 5) is 0. The molecule has 0 saturated carbocycles. The predicted molar refractivity (Wildman–Crippen MR) is 45.8 cm³/mol.